The van der Waals surface area contributed by atoms with Gasteiger partial charge >= 0.3 is 6.03 Å². The molecular formula is C25H32N4O4. The van der Waals surface area contributed by atoms with Crippen LogP contribution in [0.2, 0.25) is 0 Å². The van der Waals surface area contributed by atoms with Crippen molar-refractivity contribution in [3.05, 3.63) is 47.0 Å². The minimum absolute atomic E-state index is 0.0549. The van der Waals surface area contributed by atoms with Gasteiger partial charge in [-0.3, -0.25) is 4.79 Å². The van der Waals surface area contributed by atoms with E-state index in [9.17, 15) is 9.59 Å². The fourth-order valence-corrected chi connectivity index (χ4v) is 4.87. The van der Waals surface area contributed by atoms with Crippen molar-refractivity contribution in [2.45, 2.75) is 33.1 Å². The van der Waals surface area contributed by atoms with Crippen LogP contribution in [0.15, 0.2) is 30.3 Å². The predicted molar refractivity (Wildman–Crippen MR) is 126 cm³/mol. The fourth-order valence-electron chi connectivity index (χ4n) is 4.87. The van der Waals surface area contributed by atoms with Crippen molar-refractivity contribution in [1.82, 2.24) is 14.8 Å². The van der Waals surface area contributed by atoms with E-state index < -0.39 is 0 Å². The lowest BCUT2D eigenvalue weighted by atomic mass is 9.78. The molecule has 8 nitrogen and oxygen atoms in total. The Hall–Kier alpha value is -3.29. The van der Waals surface area contributed by atoms with Gasteiger partial charge in [-0.15, -0.1) is 0 Å². The molecule has 0 radical (unpaired) electrons. The van der Waals surface area contributed by atoms with E-state index in [4.69, 9.17) is 9.47 Å². The maximum absolute atomic E-state index is 13.2. The topological polar surface area (TPSA) is 84.0 Å². The molecule has 3 heterocycles. The van der Waals surface area contributed by atoms with Crippen LogP contribution in [0.4, 0.5) is 10.5 Å². The number of benzene rings is 1. The molecule has 176 valence electrons. The maximum Gasteiger partial charge on any atom is 0.321 e. The number of hydrogen-bond donors (Lipinski definition) is 1. The Bertz CT molecular complexity index is 1050. The highest BCUT2D eigenvalue weighted by Crippen LogP contribution is 2.41. The van der Waals surface area contributed by atoms with Gasteiger partial charge in [0.15, 0.2) is 0 Å². The Morgan fingerprint density at radius 1 is 0.970 bits per heavy atom. The number of carbonyl (C=O) groups excluding carboxylic acids is 2. The van der Waals surface area contributed by atoms with Gasteiger partial charge in [0.2, 0.25) is 11.8 Å². The standard InChI is InChI=1S/C25H32N4O4/c1-17-5-7-20(18(2)15-17)26-24(31)28-12-9-25(10-13-28)11-14-29(16-25)23(30)19-6-8-21(32-3)27-22(19)33-4/h5-8,15H,9-14,16H2,1-4H3,(H,26,31). The number of pyridine rings is 1. The first-order chi connectivity index (χ1) is 15.8. The first-order valence-corrected chi connectivity index (χ1v) is 11.4. The molecule has 0 saturated carbocycles. The van der Waals surface area contributed by atoms with Crippen LogP contribution < -0.4 is 14.8 Å². The third-order valence-corrected chi connectivity index (χ3v) is 6.93. The molecule has 0 aliphatic carbocycles. The van der Waals surface area contributed by atoms with E-state index in [0.717, 1.165) is 30.5 Å². The molecule has 33 heavy (non-hydrogen) atoms. The van der Waals surface area contributed by atoms with Gasteiger partial charge in [-0.25, -0.2) is 4.79 Å². The van der Waals surface area contributed by atoms with Crippen LogP contribution in [0, 0.1) is 19.3 Å². The molecular weight excluding hydrogens is 420 g/mol. The summed E-state index contributed by atoms with van der Waals surface area (Å²) in [5.41, 5.74) is 3.59. The number of piperidine rings is 1. The van der Waals surface area contributed by atoms with Gasteiger partial charge < -0.3 is 24.6 Å². The molecule has 2 aliphatic heterocycles. The number of aryl methyl sites for hydroxylation is 2. The summed E-state index contributed by atoms with van der Waals surface area (Å²) < 4.78 is 10.5. The third-order valence-electron chi connectivity index (χ3n) is 6.93. The number of carbonyl (C=O) groups is 2. The number of ether oxygens (including phenoxy) is 2. The van der Waals surface area contributed by atoms with Gasteiger partial charge in [-0.2, -0.15) is 4.98 Å². The van der Waals surface area contributed by atoms with E-state index in [2.05, 4.69) is 16.4 Å². The number of urea groups is 1. The molecule has 4 rings (SSSR count). The summed E-state index contributed by atoms with van der Waals surface area (Å²) in [6.45, 7) is 6.81. The molecule has 2 fully saturated rings. The number of aromatic nitrogens is 1. The highest BCUT2D eigenvalue weighted by Gasteiger charge is 2.43. The number of rotatable bonds is 4. The van der Waals surface area contributed by atoms with E-state index >= 15 is 0 Å². The molecule has 0 bridgehead atoms. The molecule has 2 saturated heterocycles. The summed E-state index contributed by atoms with van der Waals surface area (Å²) in [7, 11) is 3.03. The molecule has 0 unspecified atom stereocenters. The van der Waals surface area contributed by atoms with Crippen LogP contribution in [0.1, 0.15) is 40.7 Å². The van der Waals surface area contributed by atoms with Crippen LogP contribution >= 0.6 is 0 Å². The molecule has 1 aromatic carbocycles. The van der Waals surface area contributed by atoms with Crippen molar-refractivity contribution < 1.29 is 19.1 Å². The van der Waals surface area contributed by atoms with Crippen molar-refractivity contribution in [3.8, 4) is 11.8 Å². The molecule has 1 N–H and O–H groups in total. The van der Waals surface area contributed by atoms with Gasteiger partial charge in [-0.1, -0.05) is 17.7 Å². The minimum atomic E-state index is -0.0751. The van der Waals surface area contributed by atoms with Crippen LogP contribution in [0.3, 0.4) is 0 Å². The number of methoxy groups -OCH3 is 2. The summed E-state index contributed by atoms with van der Waals surface area (Å²) >= 11 is 0. The largest absolute Gasteiger partial charge is 0.481 e. The molecule has 2 aromatic rings. The summed E-state index contributed by atoms with van der Waals surface area (Å²) in [6, 6.07) is 9.35. The Labute approximate surface area is 194 Å². The quantitative estimate of drug-likeness (QED) is 0.761. The first-order valence-electron chi connectivity index (χ1n) is 11.4. The van der Waals surface area contributed by atoms with E-state index in [1.54, 1.807) is 12.1 Å². The lowest BCUT2D eigenvalue weighted by molar-refractivity contribution is 0.0735. The molecule has 8 heteroatoms. The summed E-state index contributed by atoms with van der Waals surface area (Å²) in [6.07, 6.45) is 2.71. The highest BCUT2D eigenvalue weighted by atomic mass is 16.5. The van der Waals surface area contributed by atoms with Crippen LogP contribution in [-0.2, 0) is 0 Å². The van der Waals surface area contributed by atoms with Gasteiger partial charge in [0.05, 0.1) is 14.2 Å². The summed E-state index contributed by atoms with van der Waals surface area (Å²) in [5, 5.41) is 3.05. The minimum Gasteiger partial charge on any atom is -0.481 e. The average molecular weight is 453 g/mol. The average Bonchev–Trinajstić information content (AvgIpc) is 3.23. The Kier molecular flexibility index (Phi) is 6.44. The van der Waals surface area contributed by atoms with Crippen molar-refractivity contribution in [2.75, 3.05) is 45.7 Å². The van der Waals surface area contributed by atoms with Crippen molar-refractivity contribution >= 4 is 17.6 Å². The first kappa shape index (κ1) is 22.9. The predicted octanol–water partition coefficient (Wildman–Crippen LogP) is 3.88. The zero-order chi connectivity index (χ0) is 23.6. The van der Waals surface area contributed by atoms with Crippen LogP contribution in [0.25, 0.3) is 0 Å². The van der Waals surface area contributed by atoms with E-state index in [0.29, 0.717) is 37.6 Å². The lowest BCUT2D eigenvalue weighted by Crippen LogP contribution is -2.46. The highest BCUT2D eigenvalue weighted by molar-refractivity contribution is 5.96. The van der Waals surface area contributed by atoms with Gasteiger partial charge in [-0.05, 0) is 56.2 Å². The number of anilines is 1. The van der Waals surface area contributed by atoms with Crippen LogP contribution in [-0.4, -0.2) is 67.1 Å². The molecule has 3 amide bonds. The van der Waals surface area contributed by atoms with Crippen molar-refractivity contribution in [3.63, 3.8) is 0 Å². The Balaban J connectivity index is 1.36. The molecule has 1 spiro atoms. The van der Waals surface area contributed by atoms with Gasteiger partial charge in [0.1, 0.15) is 5.56 Å². The summed E-state index contributed by atoms with van der Waals surface area (Å²) in [4.78, 5) is 34.0. The second kappa shape index (κ2) is 9.29. The monoisotopic (exact) mass is 452 g/mol. The molecule has 0 atom stereocenters. The van der Waals surface area contributed by atoms with Crippen molar-refractivity contribution in [1.29, 1.82) is 0 Å². The SMILES string of the molecule is COc1ccc(C(=O)N2CCC3(CCN(C(=O)Nc4ccc(C)cc4C)CC3)C2)c(OC)n1. The maximum atomic E-state index is 13.2. The third kappa shape index (κ3) is 4.74. The lowest BCUT2D eigenvalue weighted by Gasteiger charge is -2.39. The van der Waals surface area contributed by atoms with Crippen LogP contribution in [0.5, 0.6) is 11.8 Å². The number of likely N-dealkylation sites (tertiary alicyclic amines) is 2. The number of nitrogens with one attached hydrogen (secondary N) is 1. The molecule has 2 aliphatic rings. The Morgan fingerprint density at radius 2 is 1.67 bits per heavy atom. The van der Waals surface area contributed by atoms with Gasteiger partial charge in [0, 0.05) is 37.9 Å². The smallest absolute Gasteiger partial charge is 0.321 e. The Morgan fingerprint density at radius 3 is 2.30 bits per heavy atom. The van der Waals surface area contributed by atoms with Crippen molar-refractivity contribution in [2.24, 2.45) is 5.41 Å². The summed E-state index contributed by atoms with van der Waals surface area (Å²) in [5.74, 6) is 0.611. The second-order valence-corrected chi connectivity index (χ2v) is 9.12. The number of hydrogen-bond acceptors (Lipinski definition) is 5. The van der Waals surface area contributed by atoms with Gasteiger partial charge in [0.25, 0.3) is 5.91 Å². The van der Waals surface area contributed by atoms with E-state index in [1.165, 1.54) is 19.8 Å². The normalized spacial score (nSPS) is 17.2. The number of amides is 3. The zero-order valence-electron chi connectivity index (χ0n) is 19.8. The number of nitrogens with zero attached hydrogens (tertiary/aromatic N) is 3. The second-order valence-electron chi connectivity index (χ2n) is 9.12. The van der Waals surface area contributed by atoms with E-state index in [-0.39, 0.29) is 23.2 Å². The van der Waals surface area contributed by atoms with E-state index in [1.807, 2.05) is 35.8 Å². The fraction of sp³-hybridized carbons (Fsp3) is 0.480. The molecule has 1 aromatic heterocycles. The zero-order valence-corrected chi connectivity index (χ0v) is 19.8.